The van der Waals surface area contributed by atoms with Crippen molar-refractivity contribution in [3.63, 3.8) is 0 Å². The summed E-state index contributed by atoms with van der Waals surface area (Å²) in [5.41, 5.74) is 0.940. The molecule has 24 heavy (non-hydrogen) atoms. The number of ketones is 1. The molecule has 1 unspecified atom stereocenters. The summed E-state index contributed by atoms with van der Waals surface area (Å²) < 4.78 is 5.36. The topological polar surface area (TPSA) is 79.2 Å². The van der Waals surface area contributed by atoms with Gasteiger partial charge < -0.3 is 10.1 Å². The highest BCUT2D eigenvalue weighted by Crippen LogP contribution is 2.12. The maximum atomic E-state index is 12.1. The highest BCUT2D eigenvalue weighted by molar-refractivity contribution is 6.30. The number of hydrogen-bond donors (Lipinski definition) is 1. The third-order valence-electron chi connectivity index (χ3n) is 3.36. The van der Waals surface area contributed by atoms with E-state index in [-0.39, 0.29) is 18.3 Å². The molecule has 130 valence electrons. The quantitative estimate of drug-likeness (QED) is 0.519. The van der Waals surface area contributed by atoms with Crippen molar-refractivity contribution in [1.82, 2.24) is 5.32 Å². The number of Topliss-reactive ketones (excluding diaryl/α,β-unsaturated/α-hetero) is 1. The summed E-state index contributed by atoms with van der Waals surface area (Å²) in [7, 11) is 0. The van der Waals surface area contributed by atoms with Gasteiger partial charge in [0.15, 0.2) is 11.7 Å². The minimum absolute atomic E-state index is 0.141. The molecule has 1 aromatic rings. The van der Waals surface area contributed by atoms with Crippen molar-refractivity contribution in [1.29, 1.82) is 5.26 Å². The van der Waals surface area contributed by atoms with E-state index in [4.69, 9.17) is 21.6 Å². The fourth-order valence-electron chi connectivity index (χ4n) is 2.04. The molecule has 1 N–H and O–H groups in total. The van der Waals surface area contributed by atoms with E-state index in [1.54, 1.807) is 18.2 Å². The first-order valence-electron chi connectivity index (χ1n) is 8.00. The predicted molar refractivity (Wildman–Crippen MR) is 92.6 cm³/mol. The Hall–Kier alpha value is -1.90. The molecule has 1 atom stereocenters. The first kappa shape index (κ1) is 20.1. The van der Waals surface area contributed by atoms with Crippen molar-refractivity contribution >= 4 is 23.3 Å². The van der Waals surface area contributed by atoms with Gasteiger partial charge in [0.1, 0.15) is 0 Å². The molecule has 0 bridgehead atoms. The van der Waals surface area contributed by atoms with Crippen LogP contribution in [0.15, 0.2) is 24.3 Å². The summed E-state index contributed by atoms with van der Waals surface area (Å²) in [6.45, 7) is 4.78. The summed E-state index contributed by atoms with van der Waals surface area (Å²) in [4.78, 5) is 24.1. The number of benzene rings is 1. The van der Waals surface area contributed by atoms with Gasteiger partial charge in [0, 0.05) is 24.6 Å². The molecule has 5 nitrogen and oxygen atoms in total. The van der Waals surface area contributed by atoms with Gasteiger partial charge in [-0.1, -0.05) is 23.7 Å². The number of halogens is 1. The largest absolute Gasteiger partial charge is 0.379 e. The molecule has 0 saturated carbocycles. The van der Waals surface area contributed by atoms with E-state index in [0.717, 1.165) is 5.56 Å². The molecule has 1 rings (SSSR count). The van der Waals surface area contributed by atoms with Crippen molar-refractivity contribution in [2.75, 3.05) is 13.2 Å². The van der Waals surface area contributed by atoms with Crippen LogP contribution in [0.3, 0.4) is 0 Å². The van der Waals surface area contributed by atoms with Crippen molar-refractivity contribution in [2.24, 2.45) is 5.92 Å². The van der Waals surface area contributed by atoms with Gasteiger partial charge >= 0.3 is 0 Å². The number of aryl methyl sites for hydroxylation is 1. The third-order valence-corrected chi connectivity index (χ3v) is 3.61. The van der Waals surface area contributed by atoms with Gasteiger partial charge in [0.2, 0.25) is 5.91 Å². The summed E-state index contributed by atoms with van der Waals surface area (Å²) in [6, 6.07) is 8.93. The van der Waals surface area contributed by atoms with E-state index in [1.807, 2.05) is 26.0 Å². The molecule has 1 amide bonds. The lowest BCUT2D eigenvalue weighted by Crippen LogP contribution is -2.35. The number of ether oxygens (including phenoxy) is 1. The standard InChI is InChI=1S/C18H23ClN2O3/c1-13(2)24-11-3-10-21-18(23)16(12-20)17(22)9-6-14-4-7-15(19)8-5-14/h4-5,7-8,13,16H,3,6,9-11H2,1-2H3,(H,21,23). The molecule has 1 aromatic carbocycles. The minimum atomic E-state index is -1.26. The van der Waals surface area contributed by atoms with E-state index in [2.05, 4.69) is 5.32 Å². The van der Waals surface area contributed by atoms with E-state index >= 15 is 0 Å². The van der Waals surface area contributed by atoms with Gasteiger partial charge in [0.25, 0.3) is 0 Å². The number of hydrogen-bond acceptors (Lipinski definition) is 4. The van der Waals surface area contributed by atoms with Crippen LogP contribution in [0.4, 0.5) is 0 Å². The minimum Gasteiger partial charge on any atom is -0.379 e. The van der Waals surface area contributed by atoms with Gasteiger partial charge in [-0.2, -0.15) is 5.26 Å². The van der Waals surface area contributed by atoms with Crippen LogP contribution in [0.2, 0.25) is 5.02 Å². The van der Waals surface area contributed by atoms with Crippen LogP contribution < -0.4 is 5.32 Å². The highest BCUT2D eigenvalue weighted by Gasteiger charge is 2.25. The number of nitrogens with zero attached hydrogens (tertiary/aromatic N) is 1. The zero-order valence-electron chi connectivity index (χ0n) is 14.0. The second-order valence-electron chi connectivity index (χ2n) is 5.72. The Morgan fingerprint density at radius 1 is 1.29 bits per heavy atom. The smallest absolute Gasteiger partial charge is 0.244 e. The molecule has 0 saturated heterocycles. The Kier molecular flexibility index (Phi) is 9.06. The van der Waals surface area contributed by atoms with Gasteiger partial charge in [-0.3, -0.25) is 9.59 Å². The Morgan fingerprint density at radius 2 is 1.96 bits per heavy atom. The maximum absolute atomic E-state index is 12.1. The number of amides is 1. The molecule has 0 aromatic heterocycles. The Balaban J connectivity index is 2.38. The number of nitriles is 1. The lowest BCUT2D eigenvalue weighted by Gasteiger charge is -2.11. The molecule has 0 spiro atoms. The van der Waals surface area contributed by atoms with Crippen molar-refractivity contribution in [3.8, 4) is 6.07 Å². The highest BCUT2D eigenvalue weighted by atomic mass is 35.5. The molecule has 0 aliphatic rings. The van der Waals surface area contributed by atoms with E-state index in [9.17, 15) is 9.59 Å². The molecular weight excluding hydrogens is 328 g/mol. The molecule has 0 fully saturated rings. The third kappa shape index (κ3) is 7.58. The zero-order chi connectivity index (χ0) is 17.9. The van der Waals surface area contributed by atoms with Crippen LogP contribution >= 0.6 is 11.6 Å². The number of nitrogens with one attached hydrogen (secondary N) is 1. The normalized spacial score (nSPS) is 11.8. The van der Waals surface area contributed by atoms with E-state index < -0.39 is 11.8 Å². The van der Waals surface area contributed by atoms with Gasteiger partial charge in [-0.25, -0.2) is 0 Å². The number of carbonyl (C=O) groups is 2. The average molecular weight is 351 g/mol. The second kappa shape index (κ2) is 10.8. The van der Waals surface area contributed by atoms with Gasteiger partial charge in [-0.15, -0.1) is 0 Å². The maximum Gasteiger partial charge on any atom is 0.244 e. The van der Waals surface area contributed by atoms with Crippen LogP contribution in [-0.4, -0.2) is 30.9 Å². The van der Waals surface area contributed by atoms with E-state index in [0.29, 0.717) is 31.0 Å². The van der Waals surface area contributed by atoms with Crippen LogP contribution in [0.25, 0.3) is 0 Å². The Bertz CT molecular complexity index is 579. The average Bonchev–Trinajstić information content (AvgIpc) is 2.54. The van der Waals surface area contributed by atoms with Crippen molar-refractivity contribution in [2.45, 2.75) is 39.2 Å². The lowest BCUT2D eigenvalue weighted by atomic mass is 9.98. The van der Waals surface area contributed by atoms with E-state index in [1.165, 1.54) is 0 Å². The Labute approximate surface area is 147 Å². The second-order valence-corrected chi connectivity index (χ2v) is 6.16. The SMILES string of the molecule is CC(C)OCCCNC(=O)C(C#N)C(=O)CCc1ccc(Cl)cc1. The Morgan fingerprint density at radius 3 is 2.54 bits per heavy atom. The molecule has 0 aliphatic carbocycles. The van der Waals surface area contributed by atoms with Crippen molar-refractivity contribution in [3.05, 3.63) is 34.9 Å². The summed E-state index contributed by atoms with van der Waals surface area (Å²) >= 11 is 5.81. The van der Waals surface area contributed by atoms with Crippen molar-refractivity contribution < 1.29 is 14.3 Å². The van der Waals surface area contributed by atoms with Crippen LogP contribution in [0.5, 0.6) is 0 Å². The first-order chi connectivity index (χ1) is 11.4. The summed E-state index contributed by atoms with van der Waals surface area (Å²) in [6.07, 6.45) is 1.40. The first-order valence-corrected chi connectivity index (χ1v) is 8.38. The van der Waals surface area contributed by atoms with Crippen LogP contribution in [-0.2, 0) is 20.7 Å². The molecule has 6 heteroatoms. The monoisotopic (exact) mass is 350 g/mol. The van der Waals surface area contributed by atoms with Crippen LogP contribution in [0.1, 0.15) is 32.3 Å². The predicted octanol–water partition coefficient (Wildman–Crippen LogP) is 2.91. The zero-order valence-corrected chi connectivity index (χ0v) is 14.8. The fraction of sp³-hybridized carbons (Fsp3) is 0.500. The fourth-order valence-corrected chi connectivity index (χ4v) is 2.17. The van der Waals surface area contributed by atoms with Gasteiger partial charge in [-0.05, 0) is 44.4 Å². The number of rotatable bonds is 10. The molecule has 0 heterocycles. The molecule has 0 radical (unpaired) electrons. The molecule has 0 aliphatic heterocycles. The summed E-state index contributed by atoms with van der Waals surface area (Å²) in [5, 5.41) is 12.3. The molecular formula is C18H23ClN2O3. The number of carbonyl (C=O) groups excluding carboxylic acids is 2. The van der Waals surface area contributed by atoms with Crippen LogP contribution in [0, 0.1) is 17.2 Å². The summed E-state index contributed by atoms with van der Waals surface area (Å²) in [5.74, 6) is -2.17. The lowest BCUT2D eigenvalue weighted by molar-refractivity contribution is -0.131. The van der Waals surface area contributed by atoms with Gasteiger partial charge in [0.05, 0.1) is 12.2 Å².